The van der Waals surface area contributed by atoms with E-state index in [0.717, 1.165) is 15.8 Å². The Morgan fingerprint density at radius 3 is 2.89 bits per heavy atom. The zero-order chi connectivity index (χ0) is 18.8. The molecule has 1 aromatic heterocycles. The van der Waals surface area contributed by atoms with Crippen LogP contribution in [0.3, 0.4) is 0 Å². The molecule has 1 aliphatic rings. The van der Waals surface area contributed by atoms with Crippen LogP contribution in [0.15, 0.2) is 48.0 Å². The van der Waals surface area contributed by atoms with Crippen LogP contribution in [-0.4, -0.2) is 29.4 Å². The first kappa shape index (κ1) is 17.2. The average molecular weight is 380 g/mol. The highest BCUT2D eigenvalue weighted by Crippen LogP contribution is 2.24. The molecular formula is C19H16N4O3S. The number of para-hydroxylation sites is 1. The van der Waals surface area contributed by atoms with Crippen molar-refractivity contribution in [2.24, 2.45) is 0 Å². The lowest BCUT2D eigenvalue weighted by Crippen LogP contribution is -2.50. The fourth-order valence-corrected chi connectivity index (χ4v) is 3.85. The SMILES string of the molecule is O=C1CCN(c2ccccc2C(=O)NCc2cccc3ncsc23)C(=O)N1. The molecule has 7 nitrogen and oxygen atoms in total. The second kappa shape index (κ2) is 7.16. The van der Waals surface area contributed by atoms with Gasteiger partial charge in [-0.15, -0.1) is 11.3 Å². The van der Waals surface area contributed by atoms with Crippen LogP contribution in [0.4, 0.5) is 10.5 Å². The van der Waals surface area contributed by atoms with Crippen molar-refractivity contribution in [1.29, 1.82) is 0 Å². The molecule has 27 heavy (non-hydrogen) atoms. The van der Waals surface area contributed by atoms with Crippen LogP contribution in [0.1, 0.15) is 22.3 Å². The molecule has 0 unspecified atom stereocenters. The standard InChI is InChI=1S/C19H16N4O3S/c24-16-8-9-23(19(26)22-16)15-7-2-1-5-13(15)18(25)20-10-12-4-3-6-14-17(12)27-11-21-14/h1-7,11H,8-10H2,(H,20,25)(H,22,24,26). The molecule has 4 amide bonds. The Morgan fingerprint density at radius 2 is 2.04 bits per heavy atom. The Labute approximate surface area is 159 Å². The van der Waals surface area contributed by atoms with Crippen molar-refractivity contribution in [2.45, 2.75) is 13.0 Å². The van der Waals surface area contributed by atoms with Gasteiger partial charge in [-0.2, -0.15) is 0 Å². The molecule has 0 bridgehead atoms. The average Bonchev–Trinajstić information content (AvgIpc) is 3.15. The van der Waals surface area contributed by atoms with Crippen molar-refractivity contribution in [2.75, 3.05) is 11.4 Å². The molecule has 136 valence electrons. The van der Waals surface area contributed by atoms with Gasteiger partial charge in [-0.25, -0.2) is 9.78 Å². The van der Waals surface area contributed by atoms with Crippen LogP contribution in [0, 0.1) is 0 Å². The van der Waals surface area contributed by atoms with E-state index >= 15 is 0 Å². The molecule has 0 spiro atoms. The summed E-state index contributed by atoms with van der Waals surface area (Å²) in [6, 6.07) is 12.2. The third kappa shape index (κ3) is 3.39. The Morgan fingerprint density at radius 1 is 1.19 bits per heavy atom. The summed E-state index contributed by atoms with van der Waals surface area (Å²) in [5, 5.41) is 5.19. The van der Waals surface area contributed by atoms with Crippen molar-refractivity contribution in [3.05, 3.63) is 59.1 Å². The summed E-state index contributed by atoms with van der Waals surface area (Å²) in [6.07, 6.45) is 0.203. The maximum absolute atomic E-state index is 12.8. The lowest BCUT2D eigenvalue weighted by atomic mass is 10.1. The number of carbonyl (C=O) groups excluding carboxylic acids is 3. The lowest BCUT2D eigenvalue weighted by Gasteiger charge is -2.28. The highest BCUT2D eigenvalue weighted by atomic mass is 32.1. The Hall–Kier alpha value is -3.26. The number of aromatic nitrogens is 1. The summed E-state index contributed by atoms with van der Waals surface area (Å²) in [4.78, 5) is 42.0. The maximum Gasteiger partial charge on any atom is 0.328 e. The molecule has 2 heterocycles. The van der Waals surface area contributed by atoms with Gasteiger partial charge in [0, 0.05) is 19.5 Å². The fraction of sp³-hybridized carbons (Fsp3) is 0.158. The molecular weight excluding hydrogens is 364 g/mol. The summed E-state index contributed by atoms with van der Waals surface area (Å²) in [6.45, 7) is 0.604. The second-order valence-electron chi connectivity index (χ2n) is 6.07. The maximum atomic E-state index is 12.8. The zero-order valence-corrected chi connectivity index (χ0v) is 15.1. The van der Waals surface area contributed by atoms with Crippen LogP contribution in [0.25, 0.3) is 10.2 Å². The highest BCUT2D eigenvalue weighted by Gasteiger charge is 2.27. The Bertz CT molecular complexity index is 1050. The summed E-state index contributed by atoms with van der Waals surface area (Å²) in [5.74, 6) is -0.590. The first-order chi connectivity index (χ1) is 13.1. The van der Waals surface area contributed by atoms with Crippen molar-refractivity contribution >= 4 is 45.1 Å². The van der Waals surface area contributed by atoms with E-state index in [1.165, 1.54) is 16.2 Å². The van der Waals surface area contributed by atoms with Crippen LogP contribution >= 0.6 is 11.3 Å². The molecule has 0 atom stereocenters. The largest absolute Gasteiger partial charge is 0.348 e. The number of carbonyl (C=O) groups is 3. The number of rotatable bonds is 4. The van der Waals surface area contributed by atoms with Gasteiger partial charge in [-0.1, -0.05) is 24.3 Å². The van der Waals surface area contributed by atoms with E-state index in [1.807, 2.05) is 18.2 Å². The third-order valence-corrected chi connectivity index (χ3v) is 5.29. The van der Waals surface area contributed by atoms with Crippen molar-refractivity contribution in [1.82, 2.24) is 15.6 Å². The van der Waals surface area contributed by atoms with Gasteiger partial charge in [0.2, 0.25) is 5.91 Å². The van der Waals surface area contributed by atoms with Gasteiger partial charge in [0.25, 0.3) is 5.91 Å². The number of thiazole rings is 1. The molecule has 2 N–H and O–H groups in total. The van der Waals surface area contributed by atoms with Gasteiger partial charge >= 0.3 is 6.03 Å². The number of urea groups is 1. The van der Waals surface area contributed by atoms with Gasteiger partial charge in [0.1, 0.15) is 0 Å². The minimum atomic E-state index is -0.513. The van der Waals surface area contributed by atoms with Gasteiger partial charge < -0.3 is 5.32 Å². The molecule has 1 aliphatic heterocycles. The number of nitrogens with one attached hydrogen (secondary N) is 2. The molecule has 0 aliphatic carbocycles. The van der Waals surface area contributed by atoms with Crippen molar-refractivity contribution in [3.63, 3.8) is 0 Å². The van der Waals surface area contributed by atoms with E-state index in [4.69, 9.17) is 0 Å². The first-order valence-electron chi connectivity index (χ1n) is 8.43. The quantitative estimate of drug-likeness (QED) is 0.728. The van der Waals surface area contributed by atoms with Crippen LogP contribution in [0.5, 0.6) is 0 Å². The smallest absolute Gasteiger partial charge is 0.328 e. The molecule has 0 saturated carbocycles. The number of nitrogens with zero attached hydrogens (tertiary/aromatic N) is 2. The van der Waals surface area contributed by atoms with Crippen LogP contribution in [0.2, 0.25) is 0 Å². The van der Waals surface area contributed by atoms with E-state index in [9.17, 15) is 14.4 Å². The zero-order valence-electron chi connectivity index (χ0n) is 14.3. The number of hydrogen-bond acceptors (Lipinski definition) is 5. The summed E-state index contributed by atoms with van der Waals surface area (Å²) in [7, 11) is 0. The van der Waals surface area contributed by atoms with Crippen LogP contribution < -0.4 is 15.5 Å². The minimum absolute atomic E-state index is 0.203. The molecule has 1 fully saturated rings. The van der Waals surface area contributed by atoms with E-state index in [2.05, 4.69) is 15.6 Å². The van der Waals surface area contributed by atoms with Gasteiger partial charge in [0.15, 0.2) is 0 Å². The fourth-order valence-electron chi connectivity index (χ4n) is 3.05. The lowest BCUT2D eigenvalue weighted by molar-refractivity contribution is -0.120. The number of hydrogen-bond donors (Lipinski definition) is 2. The molecule has 8 heteroatoms. The van der Waals surface area contributed by atoms with E-state index in [1.54, 1.807) is 29.8 Å². The molecule has 0 radical (unpaired) electrons. The van der Waals surface area contributed by atoms with Gasteiger partial charge in [-0.3, -0.25) is 19.8 Å². The first-order valence-corrected chi connectivity index (χ1v) is 9.31. The molecule has 2 aromatic carbocycles. The van der Waals surface area contributed by atoms with E-state index in [0.29, 0.717) is 17.8 Å². The number of fused-ring (bicyclic) bond motifs is 1. The monoisotopic (exact) mass is 380 g/mol. The predicted octanol–water partition coefficient (Wildman–Crippen LogP) is 2.67. The number of amides is 4. The highest BCUT2D eigenvalue weighted by molar-refractivity contribution is 7.16. The Balaban J connectivity index is 1.55. The van der Waals surface area contributed by atoms with E-state index in [-0.39, 0.29) is 24.8 Å². The predicted molar refractivity (Wildman–Crippen MR) is 103 cm³/mol. The summed E-state index contributed by atoms with van der Waals surface area (Å²) >= 11 is 1.53. The number of imide groups is 1. The normalized spacial score (nSPS) is 14.3. The van der Waals surface area contributed by atoms with Crippen molar-refractivity contribution < 1.29 is 14.4 Å². The third-order valence-electron chi connectivity index (χ3n) is 4.37. The summed E-state index contributed by atoms with van der Waals surface area (Å²) < 4.78 is 1.04. The van der Waals surface area contributed by atoms with Gasteiger partial charge in [-0.05, 0) is 23.8 Å². The number of anilines is 1. The molecule has 4 rings (SSSR count). The molecule has 3 aromatic rings. The second-order valence-corrected chi connectivity index (χ2v) is 6.93. The topological polar surface area (TPSA) is 91.4 Å². The summed E-state index contributed by atoms with van der Waals surface area (Å²) in [5.41, 5.74) is 4.54. The number of benzene rings is 2. The van der Waals surface area contributed by atoms with E-state index < -0.39 is 6.03 Å². The van der Waals surface area contributed by atoms with Crippen LogP contribution in [-0.2, 0) is 11.3 Å². The minimum Gasteiger partial charge on any atom is -0.348 e. The van der Waals surface area contributed by atoms with Gasteiger partial charge in [0.05, 0.1) is 27.0 Å². The van der Waals surface area contributed by atoms with Crippen molar-refractivity contribution in [3.8, 4) is 0 Å². The molecule has 1 saturated heterocycles. The Kier molecular flexibility index (Phi) is 4.55.